The molecule has 8 heteroatoms. The number of aromatic carboxylic acids is 1. The van der Waals surface area contributed by atoms with Gasteiger partial charge in [-0.15, -0.1) is 10.2 Å². The summed E-state index contributed by atoms with van der Waals surface area (Å²) in [6.07, 6.45) is 0. The molecule has 2 rings (SSSR count). The van der Waals surface area contributed by atoms with E-state index in [1.807, 2.05) is 0 Å². The summed E-state index contributed by atoms with van der Waals surface area (Å²) in [7, 11) is 0. The van der Waals surface area contributed by atoms with Crippen LogP contribution in [-0.2, 0) is 0 Å². The van der Waals surface area contributed by atoms with Gasteiger partial charge in [-0.05, 0) is 12.1 Å². The highest BCUT2D eigenvalue weighted by Crippen LogP contribution is 2.31. The van der Waals surface area contributed by atoms with Crippen LogP contribution in [0, 0.1) is 5.82 Å². The lowest BCUT2D eigenvalue weighted by Crippen LogP contribution is -2.04. The quantitative estimate of drug-likeness (QED) is 0.940. The monoisotopic (exact) mass is 302 g/mol. The second-order valence-corrected chi connectivity index (χ2v) is 4.09. The van der Waals surface area contributed by atoms with E-state index in [0.29, 0.717) is 0 Å². The second-order valence-electron chi connectivity index (χ2n) is 3.34. The molecule has 5 nitrogen and oxygen atoms in total. The summed E-state index contributed by atoms with van der Waals surface area (Å²) in [5, 5.41) is 15.8. The Kier molecular flexibility index (Phi) is 3.82. The molecule has 0 aliphatic heterocycles. The molecule has 0 aliphatic rings. The molecule has 0 bridgehead atoms. The predicted octanol–water partition coefficient (Wildman–Crippen LogP) is 3.41. The Balaban J connectivity index is 2.46. The summed E-state index contributed by atoms with van der Waals surface area (Å²) in [6, 6.07) is 4.85. The Bertz CT molecular complexity index is 652. The number of carbonyl (C=O) groups is 1. The summed E-state index contributed by atoms with van der Waals surface area (Å²) in [5.74, 6) is -2.61. The molecule has 19 heavy (non-hydrogen) atoms. The molecule has 0 atom stereocenters. The van der Waals surface area contributed by atoms with Crippen molar-refractivity contribution in [2.24, 2.45) is 0 Å². The average molecular weight is 303 g/mol. The molecule has 98 valence electrons. The van der Waals surface area contributed by atoms with Crippen LogP contribution in [0.2, 0.25) is 10.3 Å². The minimum Gasteiger partial charge on any atom is -0.477 e. The first kappa shape index (κ1) is 13.5. The lowest BCUT2D eigenvalue weighted by atomic mass is 10.2. The number of ether oxygens (including phenoxy) is 1. The fourth-order valence-electron chi connectivity index (χ4n) is 1.32. The van der Waals surface area contributed by atoms with Gasteiger partial charge in [-0.2, -0.15) is 0 Å². The van der Waals surface area contributed by atoms with Crippen molar-refractivity contribution < 1.29 is 19.0 Å². The Morgan fingerprint density at radius 2 is 2.00 bits per heavy atom. The zero-order chi connectivity index (χ0) is 14.0. The summed E-state index contributed by atoms with van der Waals surface area (Å²) in [5.41, 5.74) is -0.605. The van der Waals surface area contributed by atoms with Crippen LogP contribution in [0.4, 0.5) is 4.39 Å². The van der Waals surface area contributed by atoms with Gasteiger partial charge in [0.1, 0.15) is 17.1 Å². The third-order valence-corrected chi connectivity index (χ3v) is 2.54. The highest BCUT2D eigenvalue weighted by molar-refractivity contribution is 6.32. The van der Waals surface area contributed by atoms with Crippen molar-refractivity contribution >= 4 is 29.2 Å². The number of carboxylic acid groups (broad SMARTS) is 1. The Labute approximate surface area is 116 Å². The predicted molar refractivity (Wildman–Crippen MR) is 65.5 cm³/mol. The molecule has 1 heterocycles. The Morgan fingerprint density at radius 3 is 2.68 bits per heavy atom. The van der Waals surface area contributed by atoms with Gasteiger partial charge in [0.25, 0.3) is 0 Å². The molecule has 2 aromatic rings. The lowest BCUT2D eigenvalue weighted by molar-refractivity contribution is 0.0689. The number of benzene rings is 1. The number of halogens is 3. The van der Waals surface area contributed by atoms with Crippen molar-refractivity contribution in [2.75, 3.05) is 0 Å². The molecule has 0 fully saturated rings. The first-order chi connectivity index (χ1) is 8.99. The van der Waals surface area contributed by atoms with Crippen LogP contribution in [0.5, 0.6) is 11.5 Å². The third-order valence-electron chi connectivity index (χ3n) is 2.10. The van der Waals surface area contributed by atoms with Crippen LogP contribution < -0.4 is 4.74 Å². The molecule has 0 spiro atoms. The normalized spacial score (nSPS) is 10.3. The van der Waals surface area contributed by atoms with Gasteiger partial charge in [0.15, 0.2) is 16.1 Å². The van der Waals surface area contributed by atoms with Crippen LogP contribution >= 0.6 is 23.2 Å². The van der Waals surface area contributed by atoms with Gasteiger partial charge in [0.05, 0.1) is 0 Å². The van der Waals surface area contributed by atoms with Gasteiger partial charge in [-0.3, -0.25) is 0 Å². The van der Waals surface area contributed by atoms with Crippen LogP contribution in [-0.4, -0.2) is 21.3 Å². The van der Waals surface area contributed by atoms with Gasteiger partial charge < -0.3 is 9.84 Å². The summed E-state index contributed by atoms with van der Waals surface area (Å²) in [4.78, 5) is 11.0. The van der Waals surface area contributed by atoms with E-state index in [1.54, 1.807) is 0 Å². The smallest absolute Gasteiger partial charge is 0.342 e. The van der Waals surface area contributed by atoms with E-state index in [1.165, 1.54) is 18.2 Å². The molecule has 0 aliphatic carbocycles. The number of aromatic nitrogens is 2. The number of rotatable bonds is 3. The molecule has 1 aromatic carbocycles. The fraction of sp³-hybridized carbons (Fsp3) is 0. The molecular weight excluding hydrogens is 298 g/mol. The van der Waals surface area contributed by atoms with Crippen molar-refractivity contribution in [3.63, 3.8) is 0 Å². The standard InChI is InChI=1S/C11H5Cl2FN2O3/c12-8-4-7(10(13)16-15-8)19-6-3-1-2-5(14)9(6)11(17)18/h1-4H,(H,17,18). The number of nitrogens with zero attached hydrogens (tertiary/aromatic N) is 2. The van der Waals surface area contributed by atoms with E-state index in [9.17, 15) is 9.18 Å². The minimum atomic E-state index is -1.46. The van der Waals surface area contributed by atoms with E-state index in [4.69, 9.17) is 33.0 Å². The molecule has 0 unspecified atom stereocenters. The molecule has 0 saturated heterocycles. The fourth-order valence-corrected chi connectivity index (χ4v) is 1.59. The Morgan fingerprint density at radius 1 is 1.26 bits per heavy atom. The van der Waals surface area contributed by atoms with E-state index in [-0.39, 0.29) is 21.8 Å². The molecule has 1 N–H and O–H groups in total. The van der Waals surface area contributed by atoms with Crippen LogP contribution in [0.15, 0.2) is 24.3 Å². The highest BCUT2D eigenvalue weighted by atomic mass is 35.5. The number of hydrogen-bond acceptors (Lipinski definition) is 4. The van der Waals surface area contributed by atoms with Crippen molar-refractivity contribution in [1.82, 2.24) is 10.2 Å². The molecule has 0 radical (unpaired) electrons. The molecule has 0 saturated carbocycles. The van der Waals surface area contributed by atoms with Gasteiger partial charge in [-0.1, -0.05) is 29.3 Å². The minimum absolute atomic E-state index is 0.00711. The van der Waals surface area contributed by atoms with Gasteiger partial charge >= 0.3 is 5.97 Å². The van der Waals surface area contributed by atoms with Crippen molar-refractivity contribution in [1.29, 1.82) is 0 Å². The lowest BCUT2D eigenvalue weighted by Gasteiger charge is -2.09. The van der Waals surface area contributed by atoms with Crippen molar-refractivity contribution in [3.8, 4) is 11.5 Å². The first-order valence-electron chi connectivity index (χ1n) is 4.87. The average Bonchev–Trinajstić information content (AvgIpc) is 2.33. The van der Waals surface area contributed by atoms with Crippen LogP contribution in [0.25, 0.3) is 0 Å². The molecule has 1 aromatic heterocycles. The third kappa shape index (κ3) is 2.91. The first-order valence-corrected chi connectivity index (χ1v) is 5.63. The van der Waals surface area contributed by atoms with Gasteiger partial charge in [0.2, 0.25) is 0 Å². The van der Waals surface area contributed by atoms with E-state index in [0.717, 1.165) is 6.07 Å². The van der Waals surface area contributed by atoms with Gasteiger partial charge in [-0.25, -0.2) is 9.18 Å². The zero-order valence-corrected chi connectivity index (χ0v) is 10.6. The van der Waals surface area contributed by atoms with Crippen LogP contribution in [0.3, 0.4) is 0 Å². The maximum atomic E-state index is 13.4. The van der Waals surface area contributed by atoms with Crippen molar-refractivity contribution in [2.45, 2.75) is 0 Å². The molecular formula is C11H5Cl2FN2O3. The maximum absolute atomic E-state index is 13.4. The number of carboxylic acids is 1. The maximum Gasteiger partial charge on any atom is 0.342 e. The van der Waals surface area contributed by atoms with Gasteiger partial charge in [0, 0.05) is 6.07 Å². The summed E-state index contributed by atoms with van der Waals surface area (Å²) in [6.45, 7) is 0. The SMILES string of the molecule is O=C(O)c1c(F)cccc1Oc1cc(Cl)nnc1Cl. The van der Waals surface area contributed by atoms with Crippen molar-refractivity contribution in [3.05, 3.63) is 46.0 Å². The van der Waals surface area contributed by atoms with Crippen LogP contribution in [0.1, 0.15) is 10.4 Å². The number of hydrogen-bond donors (Lipinski definition) is 1. The highest BCUT2D eigenvalue weighted by Gasteiger charge is 2.18. The van der Waals surface area contributed by atoms with E-state index in [2.05, 4.69) is 10.2 Å². The molecule has 0 amide bonds. The van der Waals surface area contributed by atoms with E-state index >= 15 is 0 Å². The zero-order valence-electron chi connectivity index (χ0n) is 9.10. The van der Waals surface area contributed by atoms with E-state index < -0.39 is 17.3 Å². The largest absolute Gasteiger partial charge is 0.477 e. The summed E-state index contributed by atoms with van der Waals surface area (Å²) < 4.78 is 18.7. The topological polar surface area (TPSA) is 72.3 Å². The summed E-state index contributed by atoms with van der Waals surface area (Å²) >= 11 is 11.3. The second kappa shape index (κ2) is 5.38. The Hall–Kier alpha value is -1.92.